The quantitative estimate of drug-likeness (QED) is 0.702. The zero-order valence-corrected chi connectivity index (χ0v) is 16.5. The predicted molar refractivity (Wildman–Crippen MR) is 112 cm³/mol. The van der Waals surface area contributed by atoms with Gasteiger partial charge in [0, 0.05) is 35.7 Å². The lowest BCUT2D eigenvalue weighted by atomic mass is 10.1. The fraction of sp³-hybridized carbons (Fsp3) is 0.227. The second-order valence-corrected chi connectivity index (χ2v) is 7.17. The smallest absolute Gasteiger partial charge is 0.321 e. The van der Waals surface area contributed by atoms with Crippen molar-refractivity contribution in [3.05, 3.63) is 77.1 Å². The van der Waals surface area contributed by atoms with Gasteiger partial charge in [-0.15, -0.1) is 0 Å². The molecule has 0 spiro atoms. The Labute approximate surface area is 169 Å². The first-order valence-electron chi connectivity index (χ1n) is 9.56. The molecule has 0 aliphatic carbocycles. The van der Waals surface area contributed by atoms with Crippen molar-refractivity contribution in [3.63, 3.8) is 0 Å². The van der Waals surface area contributed by atoms with Crippen LogP contribution in [0.2, 0.25) is 0 Å². The minimum Gasteiger partial charge on any atom is -0.336 e. The van der Waals surface area contributed by atoms with Gasteiger partial charge in [-0.2, -0.15) is 5.10 Å². The van der Waals surface area contributed by atoms with Crippen molar-refractivity contribution in [2.45, 2.75) is 20.4 Å². The first-order chi connectivity index (χ1) is 14.0. The number of amides is 3. The molecule has 1 saturated heterocycles. The second kappa shape index (κ2) is 7.79. The molecule has 0 unspecified atom stereocenters. The summed E-state index contributed by atoms with van der Waals surface area (Å²) in [6.07, 6.45) is 0. The van der Waals surface area contributed by atoms with Crippen LogP contribution in [0.3, 0.4) is 0 Å². The van der Waals surface area contributed by atoms with Crippen molar-refractivity contribution in [2.24, 2.45) is 0 Å². The molecule has 7 heteroatoms. The maximum atomic E-state index is 12.5. The van der Waals surface area contributed by atoms with E-state index in [0.29, 0.717) is 30.9 Å². The molecule has 2 aromatic carbocycles. The summed E-state index contributed by atoms with van der Waals surface area (Å²) in [6, 6.07) is 16.7. The van der Waals surface area contributed by atoms with Gasteiger partial charge in [-0.1, -0.05) is 12.1 Å². The fourth-order valence-electron chi connectivity index (χ4n) is 3.42. The van der Waals surface area contributed by atoms with Gasteiger partial charge in [0.05, 0.1) is 12.2 Å². The van der Waals surface area contributed by atoms with E-state index in [1.807, 2.05) is 61.0 Å². The van der Waals surface area contributed by atoms with Crippen LogP contribution < -0.4 is 15.5 Å². The number of aryl methyl sites for hydroxylation is 2. The Hall–Kier alpha value is -3.61. The number of benzene rings is 2. The molecule has 29 heavy (non-hydrogen) atoms. The summed E-state index contributed by atoms with van der Waals surface area (Å²) < 4.78 is 1.95. The molecule has 0 radical (unpaired) electrons. The molecule has 1 fully saturated rings. The Morgan fingerprint density at radius 1 is 1.10 bits per heavy atom. The molecule has 1 aromatic heterocycles. The summed E-state index contributed by atoms with van der Waals surface area (Å²) in [4.78, 5) is 25.9. The standard InChI is InChI=1S/C22H23N5O2/c1-15-13-16(2)27(25-15)14-17-3-5-18(6-4-17)21(28)24-19-7-9-20(10-8-19)26-12-11-23-22(26)29/h3-10,13H,11-12,14H2,1-2H3,(H,23,29)(H,24,28). The normalized spacial score (nSPS) is 13.4. The Morgan fingerprint density at radius 3 is 2.41 bits per heavy atom. The number of carbonyl (C=O) groups excluding carboxylic acids is 2. The number of nitrogens with zero attached hydrogens (tertiary/aromatic N) is 3. The summed E-state index contributed by atoms with van der Waals surface area (Å²) in [5.74, 6) is -0.172. The Morgan fingerprint density at radius 2 is 1.83 bits per heavy atom. The third-order valence-corrected chi connectivity index (χ3v) is 4.95. The molecule has 0 bridgehead atoms. The van der Waals surface area contributed by atoms with Crippen LogP contribution in [0.5, 0.6) is 0 Å². The first kappa shape index (κ1) is 18.7. The van der Waals surface area contributed by atoms with Gasteiger partial charge in [0.15, 0.2) is 0 Å². The van der Waals surface area contributed by atoms with E-state index in [0.717, 1.165) is 22.6 Å². The molecule has 2 N–H and O–H groups in total. The molecule has 3 aromatic rings. The minimum absolute atomic E-state index is 0.0951. The SMILES string of the molecule is Cc1cc(C)n(Cc2ccc(C(=O)Nc3ccc(N4CCNC4=O)cc3)cc2)n1. The summed E-state index contributed by atoms with van der Waals surface area (Å²) >= 11 is 0. The summed E-state index contributed by atoms with van der Waals surface area (Å²) in [5, 5.41) is 10.1. The van der Waals surface area contributed by atoms with Crippen molar-refractivity contribution >= 4 is 23.3 Å². The fourth-order valence-corrected chi connectivity index (χ4v) is 3.42. The summed E-state index contributed by atoms with van der Waals surface area (Å²) in [7, 11) is 0. The highest BCUT2D eigenvalue weighted by molar-refractivity contribution is 6.04. The van der Waals surface area contributed by atoms with Gasteiger partial charge in [0.1, 0.15) is 0 Å². The van der Waals surface area contributed by atoms with Gasteiger partial charge < -0.3 is 10.6 Å². The highest BCUT2D eigenvalue weighted by Crippen LogP contribution is 2.20. The molecular formula is C22H23N5O2. The average molecular weight is 389 g/mol. The first-order valence-corrected chi connectivity index (χ1v) is 9.56. The van der Waals surface area contributed by atoms with Gasteiger partial charge >= 0.3 is 6.03 Å². The number of aromatic nitrogens is 2. The largest absolute Gasteiger partial charge is 0.336 e. The zero-order chi connectivity index (χ0) is 20.4. The van der Waals surface area contributed by atoms with Crippen molar-refractivity contribution in [1.29, 1.82) is 0 Å². The van der Waals surface area contributed by atoms with E-state index in [1.54, 1.807) is 17.0 Å². The maximum Gasteiger partial charge on any atom is 0.321 e. The maximum absolute atomic E-state index is 12.5. The van der Waals surface area contributed by atoms with Crippen LogP contribution in [-0.4, -0.2) is 34.8 Å². The molecule has 1 aliphatic rings. The van der Waals surface area contributed by atoms with Crippen LogP contribution in [0, 0.1) is 13.8 Å². The van der Waals surface area contributed by atoms with Crippen molar-refractivity contribution in [2.75, 3.05) is 23.3 Å². The monoisotopic (exact) mass is 389 g/mol. The Kier molecular flexibility index (Phi) is 5.03. The molecule has 0 atom stereocenters. The van der Waals surface area contributed by atoms with Gasteiger partial charge in [-0.05, 0) is 61.9 Å². The topological polar surface area (TPSA) is 79.3 Å². The Balaban J connectivity index is 1.39. The minimum atomic E-state index is -0.172. The lowest BCUT2D eigenvalue weighted by Crippen LogP contribution is -2.27. The van der Waals surface area contributed by atoms with E-state index in [9.17, 15) is 9.59 Å². The van der Waals surface area contributed by atoms with Crippen molar-refractivity contribution in [1.82, 2.24) is 15.1 Å². The highest BCUT2D eigenvalue weighted by atomic mass is 16.2. The van der Waals surface area contributed by atoms with Gasteiger partial charge in [-0.25, -0.2) is 4.79 Å². The van der Waals surface area contributed by atoms with Crippen LogP contribution in [0.25, 0.3) is 0 Å². The molecule has 0 saturated carbocycles. The van der Waals surface area contributed by atoms with Crippen molar-refractivity contribution < 1.29 is 9.59 Å². The van der Waals surface area contributed by atoms with Crippen LogP contribution >= 0.6 is 0 Å². The van der Waals surface area contributed by atoms with Gasteiger partial charge in [0.2, 0.25) is 0 Å². The van der Waals surface area contributed by atoms with Crippen molar-refractivity contribution in [3.8, 4) is 0 Å². The highest BCUT2D eigenvalue weighted by Gasteiger charge is 2.20. The molecule has 3 amide bonds. The van der Waals surface area contributed by atoms with Crippen LogP contribution in [-0.2, 0) is 6.54 Å². The van der Waals surface area contributed by atoms with Crippen LogP contribution in [0.15, 0.2) is 54.6 Å². The molecule has 7 nitrogen and oxygen atoms in total. The molecule has 1 aliphatic heterocycles. The molecular weight excluding hydrogens is 366 g/mol. The number of urea groups is 1. The summed E-state index contributed by atoms with van der Waals surface area (Å²) in [6.45, 7) is 5.97. The predicted octanol–water partition coefficient (Wildman–Crippen LogP) is 3.33. The molecule has 148 valence electrons. The summed E-state index contributed by atoms with van der Waals surface area (Å²) in [5.41, 5.74) is 5.27. The average Bonchev–Trinajstić information content (AvgIpc) is 3.27. The van der Waals surface area contributed by atoms with E-state index < -0.39 is 0 Å². The lowest BCUT2D eigenvalue weighted by Gasteiger charge is -2.14. The van der Waals surface area contributed by atoms with E-state index in [-0.39, 0.29) is 11.9 Å². The van der Waals surface area contributed by atoms with E-state index >= 15 is 0 Å². The molecule has 4 rings (SSSR count). The Bertz CT molecular complexity index is 1040. The van der Waals surface area contributed by atoms with E-state index in [4.69, 9.17) is 0 Å². The lowest BCUT2D eigenvalue weighted by molar-refractivity contribution is 0.102. The third kappa shape index (κ3) is 4.13. The third-order valence-electron chi connectivity index (χ3n) is 4.95. The number of anilines is 2. The number of hydrogen-bond donors (Lipinski definition) is 2. The van der Waals surface area contributed by atoms with Crippen LogP contribution in [0.1, 0.15) is 27.3 Å². The van der Waals surface area contributed by atoms with Gasteiger partial charge in [0.25, 0.3) is 5.91 Å². The number of carbonyl (C=O) groups is 2. The van der Waals surface area contributed by atoms with E-state index in [1.165, 1.54) is 0 Å². The number of rotatable bonds is 5. The zero-order valence-electron chi connectivity index (χ0n) is 16.5. The van der Waals surface area contributed by atoms with Gasteiger partial charge in [-0.3, -0.25) is 14.4 Å². The molecule has 2 heterocycles. The van der Waals surface area contributed by atoms with E-state index in [2.05, 4.69) is 15.7 Å². The number of hydrogen-bond acceptors (Lipinski definition) is 3. The second-order valence-electron chi connectivity index (χ2n) is 7.17. The van der Waals surface area contributed by atoms with Crippen LogP contribution in [0.4, 0.5) is 16.2 Å². The number of nitrogens with one attached hydrogen (secondary N) is 2.